The average molecular weight is 364 g/mol. The molecule has 0 fully saturated rings. The third-order valence-electron chi connectivity index (χ3n) is 4.69. The summed E-state index contributed by atoms with van der Waals surface area (Å²) in [4.78, 5) is 30.5. The molecule has 0 bridgehead atoms. The first-order valence-electron chi connectivity index (χ1n) is 9.05. The van der Waals surface area contributed by atoms with Gasteiger partial charge in [-0.2, -0.15) is 4.98 Å². The fourth-order valence-electron chi connectivity index (χ4n) is 3.16. The third kappa shape index (κ3) is 3.15. The van der Waals surface area contributed by atoms with Crippen molar-refractivity contribution in [3.05, 3.63) is 29.2 Å². The minimum absolute atomic E-state index is 0.192. The predicted molar refractivity (Wildman–Crippen MR) is 105 cm³/mol. The monoisotopic (exact) mass is 364 g/mol. The quantitative estimate of drug-likeness (QED) is 0.737. The van der Waals surface area contributed by atoms with Gasteiger partial charge in [0, 0.05) is 29.9 Å². The second-order valence-corrected chi connectivity index (χ2v) is 8.67. The van der Waals surface area contributed by atoms with Gasteiger partial charge in [0.2, 0.25) is 0 Å². The number of nitrogens with zero attached hydrogens (tertiary/aromatic N) is 6. The van der Waals surface area contributed by atoms with Gasteiger partial charge in [-0.3, -0.25) is 4.99 Å². The number of aromatic amines is 1. The van der Waals surface area contributed by atoms with Gasteiger partial charge < -0.3 is 10.7 Å². The average Bonchev–Trinajstić information content (AvgIpc) is 3.18. The van der Waals surface area contributed by atoms with Crippen LogP contribution in [0.25, 0.3) is 11.2 Å². The Bertz CT molecular complexity index is 1060. The number of nitrogen functional groups attached to an aromatic ring is 1. The van der Waals surface area contributed by atoms with Gasteiger partial charge in [0.1, 0.15) is 22.9 Å². The van der Waals surface area contributed by atoms with Gasteiger partial charge in [0.25, 0.3) is 0 Å². The Kier molecular flexibility index (Phi) is 3.76. The number of nitrogens with two attached hydrogens (primary N) is 1. The van der Waals surface area contributed by atoms with E-state index in [1.807, 2.05) is 6.21 Å². The maximum absolute atomic E-state index is 5.88. The van der Waals surface area contributed by atoms with Gasteiger partial charge in [-0.05, 0) is 0 Å². The molecule has 140 valence electrons. The maximum Gasteiger partial charge on any atom is 0.200 e. The number of aromatic nitrogens is 6. The zero-order valence-corrected chi connectivity index (χ0v) is 16.3. The van der Waals surface area contributed by atoms with Crippen molar-refractivity contribution in [2.75, 3.05) is 5.73 Å². The second-order valence-electron chi connectivity index (χ2n) is 8.67. The Morgan fingerprint density at radius 1 is 1.04 bits per heavy atom. The molecule has 4 heterocycles. The summed E-state index contributed by atoms with van der Waals surface area (Å²) in [6.07, 6.45) is 5.06. The van der Waals surface area contributed by atoms with Crippen molar-refractivity contribution >= 4 is 29.0 Å². The molecule has 0 radical (unpaired) electrons. The smallest absolute Gasteiger partial charge is 0.200 e. The van der Waals surface area contributed by atoms with Gasteiger partial charge >= 0.3 is 0 Å². The highest BCUT2D eigenvalue weighted by Gasteiger charge is 2.30. The topological polar surface area (TPSA) is 119 Å². The first-order chi connectivity index (χ1) is 12.6. The number of fused-ring (bicyclic) bond motifs is 2. The van der Waals surface area contributed by atoms with Crippen LogP contribution >= 0.6 is 0 Å². The van der Waals surface area contributed by atoms with Crippen LogP contribution in [-0.4, -0.2) is 36.1 Å². The maximum atomic E-state index is 5.88. The van der Waals surface area contributed by atoms with E-state index in [0.29, 0.717) is 18.0 Å². The summed E-state index contributed by atoms with van der Waals surface area (Å²) in [5.41, 5.74) is 9.44. The summed E-state index contributed by atoms with van der Waals surface area (Å²) in [5, 5.41) is 0. The van der Waals surface area contributed by atoms with E-state index in [0.717, 1.165) is 40.7 Å². The fraction of sp³-hybridized carbons (Fsp3) is 0.474. The first-order valence-corrected chi connectivity index (χ1v) is 9.05. The van der Waals surface area contributed by atoms with Crippen LogP contribution in [0.5, 0.6) is 0 Å². The van der Waals surface area contributed by atoms with E-state index >= 15 is 0 Å². The molecular weight excluding hydrogens is 340 g/mol. The molecule has 0 aliphatic carbocycles. The molecule has 3 aromatic heterocycles. The summed E-state index contributed by atoms with van der Waals surface area (Å²) in [6.45, 7) is 10.5. The Labute approximate surface area is 157 Å². The molecule has 3 N–H and O–H groups in total. The van der Waals surface area contributed by atoms with Crippen LogP contribution in [0, 0.1) is 0 Å². The van der Waals surface area contributed by atoms with Crippen LogP contribution in [0.1, 0.15) is 57.7 Å². The predicted octanol–water partition coefficient (Wildman–Crippen LogP) is 2.80. The first kappa shape index (κ1) is 17.5. The van der Waals surface area contributed by atoms with Crippen LogP contribution in [0.2, 0.25) is 0 Å². The van der Waals surface area contributed by atoms with Gasteiger partial charge in [-0.25, -0.2) is 19.9 Å². The van der Waals surface area contributed by atoms with Crippen molar-refractivity contribution in [2.24, 2.45) is 4.99 Å². The highest BCUT2D eigenvalue weighted by Crippen LogP contribution is 2.31. The summed E-state index contributed by atoms with van der Waals surface area (Å²) >= 11 is 0. The lowest BCUT2D eigenvalue weighted by molar-refractivity contribution is 0.474. The number of hydrogen-bond donors (Lipinski definition) is 2. The highest BCUT2D eigenvalue weighted by molar-refractivity contribution is 5.76. The van der Waals surface area contributed by atoms with E-state index in [4.69, 9.17) is 15.7 Å². The molecule has 0 amide bonds. The normalized spacial score (nSPS) is 14.1. The molecule has 0 spiro atoms. The van der Waals surface area contributed by atoms with Crippen molar-refractivity contribution < 1.29 is 0 Å². The molecule has 1 aliphatic rings. The van der Waals surface area contributed by atoms with Gasteiger partial charge in [-0.15, -0.1) is 0 Å². The number of imidazole rings is 1. The molecule has 4 rings (SSSR count). The molecule has 3 aromatic rings. The van der Waals surface area contributed by atoms with E-state index < -0.39 is 0 Å². The zero-order valence-electron chi connectivity index (χ0n) is 16.3. The number of nitrogens with one attached hydrogen (secondary N) is 1. The molecule has 1 aliphatic heterocycles. The number of aliphatic imine (C=N–C) groups is 1. The Morgan fingerprint density at radius 2 is 1.81 bits per heavy atom. The van der Waals surface area contributed by atoms with Crippen LogP contribution in [0.15, 0.2) is 11.2 Å². The SMILES string of the molecule is CC(C)(C)c1nc(CC(C)(C)c2ncc3c(n2)CC=N3)c2[nH]c(N)nc2n1. The minimum atomic E-state index is -0.325. The second kappa shape index (κ2) is 5.80. The van der Waals surface area contributed by atoms with Crippen molar-refractivity contribution in [3.63, 3.8) is 0 Å². The highest BCUT2D eigenvalue weighted by atomic mass is 15.1. The van der Waals surface area contributed by atoms with E-state index in [1.165, 1.54) is 0 Å². The molecule has 0 saturated heterocycles. The van der Waals surface area contributed by atoms with Crippen molar-refractivity contribution in [3.8, 4) is 0 Å². The Morgan fingerprint density at radius 3 is 2.56 bits per heavy atom. The standard InChI is InChI=1S/C19H24N8/c1-18(2,3)15-24-11(13-14(26-15)27-17(20)25-13)8-19(4,5)16-22-9-12-10(23-16)6-7-21-12/h7,9H,6,8H2,1-5H3,(H3,20,24,25,26,27). The lowest BCUT2D eigenvalue weighted by atomic mass is 9.86. The van der Waals surface area contributed by atoms with Crippen LogP contribution < -0.4 is 5.73 Å². The number of hydrogen-bond acceptors (Lipinski definition) is 7. The number of H-pyrrole nitrogens is 1. The lowest BCUT2D eigenvalue weighted by Crippen LogP contribution is -2.26. The summed E-state index contributed by atoms with van der Waals surface area (Å²) in [6, 6.07) is 0. The fourth-order valence-corrected chi connectivity index (χ4v) is 3.16. The summed E-state index contributed by atoms with van der Waals surface area (Å²) in [5.74, 6) is 1.87. The molecule has 8 heteroatoms. The summed E-state index contributed by atoms with van der Waals surface area (Å²) < 4.78 is 0. The van der Waals surface area contributed by atoms with Gasteiger partial charge in [-0.1, -0.05) is 34.6 Å². The van der Waals surface area contributed by atoms with Gasteiger partial charge in [0.05, 0.1) is 17.6 Å². The number of rotatable bonds is 3. The van der Waals surface area contributed by atoms with E-state index in [9.17, 15) is 0 Å². The molecule has 27 heavy (non-hydrogen) atoms. The van der Waals surface area contributed by atoms with E-state index in [-0.39, 0.29) is 10.8 Å². The van der Waals surface area contributed by atoms with Crippen LogP contribution in [-0.2, 0) is 23.7 Å². The Balaban J connectivity index is 1.77. The molecule has 0 unspecified atom stereocenters. The zero-order chi connectivity index (χ0) is 19.4. The van der Waals surface area contributed by atoms with Crippen LogP contribution in [0.3, 0.4) is 0 Å². The summed E-state index contributed by atoms with van der Waals surface area (Å²) in [7, 11) is 0. The van der Waals surface area contributed by atoms with Crippen molar-refractivity contribution in [1.29, 1.82) is 0 Å². The minimum Gasteiger partial charge on any atom is -0.369 e. The molecule has 0 atom stereocenters. The van der Waals surface area contributed by atoms with E-state index in [1.54, 1.807) is 6.20 Å². The van der Waals surface area contributed by atoms with Crippen molar-refractivity contribution in [1.82, 2.24) is 29.9 Å². The van der Waals surface area contributed by atoms with Crippen molar-refractivity contribution in [2.45, 2.75) is 58.3 Å². The Hall–Kier alpha value is -2.90. The van der Waals surface area contributed by atoms with Gasteiger partial charge in [0.15, 0.2) is 11.6 Å². The van der Waals surface area contributed by atoms with E-state index in [2.05, 4.69) is 59.5 Å². The third-order valence-corrected chi connectivity index (χ3v) is 4.69. The number of anilines is 1. The lowest BCUT2D eigenvalue weighted by Gasteiger charge is -2.24. The largest absolute Gasteiger partial charge is 0.369 e. The molecule has 8 nitrogen and oxygen atoms in total. The molecule has 0 aromatic carbocycles. The van der Waals surface area contributed by atoms with Crippen LogP contribution in [0.4, 0.5) is 11.6 Å². The molecular formula is C19H24N8. The molecule has 0 saturated carbocycles.